The third-order valence-corrected chi connectivity index (χ3v) is 6.38. The lowest BCUT2D eigenvalue weighted by Gasteiger charge is -2.38. The SMILES string of the molecule is CC1CCCC(NC(=O)CN2CCN(C3CCNC3)CC2)C1C.Cl. The van der Waals surface area contributed by atoms with E-state index in [2.05, 4.69) is 34.3 Å². The van der Waals surface area contributed by atoms with Crippen LogP contribution in [-0.2, 0) is 4.79 Å². The Morgan fingerprint density at radius 2 is 1.88 bits per heavy atom. The molecule has 2 saturated heterocycles. The number of hydrogen-bond acceptors (Lipinski definition) is 4. The van der Waals surface area contributed by atoms with Crippen LogP contribution >= 0.6 is 12.4 Å². The fraction of sp³-hybridized carbons (Fsp3) is 0.944. The van der Waals surface area contributed by atoms with E-state index in [1.54, 1.807) is 0 Å². The summed E-state index contributed by atoms with van der Waals surface area (Å²) in [5.41, 5.74) is 0. The van der Waals surface area contributed by atoms with Crippen molar-refractivity contribution in [3.63, 3.8) is 0 Å². The second-order valence-electron chi connectivity index (χ2n) is 7.90. The van der Waals surface area contributed by atoms with Crippen molar-refractivity contribution in [1.29, 1.82) is 0 Å². The Balaban J connectivity index is 0.00000208. The van der Waals surface area contributed by atoms with E-state index >= 15 is 0 Å². The van der Waals surface area contributed by atoms with Crippen molar-refractivity contribution in [3.05, 3.63) is 0 Å². The summed E-state index contributed by atoms with van der Waals surface area (Å²) in [4.78, 5) is 17.3. The predicted octanol–water partition coefficient (Wildman–Crippen LogP) is 1.33. The van der Waals surface area contributed by atoms with Gasteiger partial charge in [0.15, 0.2) is 0 Å². The number of carbonyl (C=O) groups is 1. The van der Waals surface area contributed by atoms with Crippen LogP contribution in [0.4, 0.5) is 0 Å². The molecule has 3 rings (SSSR count). The minimum Gasteiger partial charge on any atom is -0.352 e. The van der Waals surface area contributed by atoms with Gasteiger partial charge >= 0.3 is 0 Å². The Kier molecular flexibility index (Phi) is 7.79. The summed E-state index contributed by atoms with van der Waals surface area (Å²) in [6, 6.07) is 1.10. The molecule has 0 aromatic heterocycles. The van der Waals surface area contributed by atoms with E-state index in [-0.39, 0.29) is 18.3 Å². The molecule has 0 radical (unpaired) electrons. The summed E-state index contributed by atoms with van der Waals surface area (Å²) in [6.07, 6.45) is 4.99. The van der Waals surface area contributed by atoms with Gasteiger partial charge in [0, 0.05) is 44.8 Å². The first-order valence-electron chi connectivity index (χ1n) is 9.60. The first-order valence-corrected chi connectivity index (χ1v) is 9.60. The van der Waals surface area contributed by atoms with Gasteiger partial charge in [0.25, 0.3) is 0 Å². The van der Waals surface area contributed by atoms with Crippen LogP contribution in [0.5, 0.6) is 0 Å². The minimum atomic E-state index is 0. The maximum absolute atomic E-state index is 12.4. The molecule has 24 heavy (non-hydrogen) atoms. The molecule has 1 saturated carbocycles. The second-order valence-corrected chi connectivity index (χ2v) is 7.90. The highest BCUT2D eigenvalue weighted by atomic mass is 35.5. The van der Waals surface area contributed by atoms with E-state index in [1.807, 2.05) is 0 Å². The molecule has 4 atom stereocenters. The van der Waals surface area contributed by atoms with E-state index in [0.29, 0.717) is 18.5 Å². The van der Waals surface area contributed by atoms with Gasteiger partial charge in [-0.15, -0.1) is 12.4 Å². The molecule has 3 fully saturated rings. The van der Waals surface area contributed by atoms with Gasteiger partial charge < -0.3 is 10.6 Å². The molecule has 0 aromatic rings. The molecule has 2 N–H and O–H groups in total. The zero-order valence-electron chi connectivity index (χ0n) is 15.3. The van der Waals surface area contributed by atoms with Gasteiger partial charge in [-0.05, 0) is 31.2 Å². The number of rotatable bonds is 4. The summed E-state index contributed by atoms with van der Waals surface area (Å²) in [7, 11) is 0. The van der Waals surface area contributed by atoms with E-state index in [0.717, 1.165) is 57.6 Å². The molecule has 1 amide bonds. The van der Waals surface area contributed by atoms with Gasteiger partial charge in [-0.1, -0.05) is 26.7 Å². The maximum atomic E-state index is 12.4. The van der Waals surface area contributed by atoms with Crippen molar-refractivity contribution in [2.75, 3.05) is 45.8 Å². The van der Waals surface area contributed by atoms with Crippen molar-refractivity contribution in [3.8, 4) is 0 Å². The zero-order valence-corrected chi connectivity index (χ0v) is 16.1. The highest BCUT2D eigenvalue weighted by Crippen LogP contribution is 2.29. The second kappa shape index (κ2) is 9.37. The Morgan fingerprint density at radius 1 is 1.12 bits per heavy atom. The predicted molar refractivity (Wildman–Crippen MR) is 101 cm³/mol. The van der Waals surface area contributed by atoms with Crippen molar-refractivity contribution < 1.29 is 4.79 Å². The fourth-order valence-corrected chi connectivity index (χ4v) is 4.48. The van der Waals surface area contributed by atoms with Crippen LogP contribution in [0.3, 0.4) is 0 Å². The molecule has 4 unspecified atom stereocenters. The summed E-state index contributed by atoms with van der Waals surface area (Å²) in [5, 5.41) is 6.76. The maximum Gasteiger partial charge on any atom is 0.234 e. The normalized spacial score (nSPS) is 35.4. The third-order valence-electron chi connectivity index (χ3n) is 6.38. The number of nitrogens with one attached hydrogen (secondary N) is 2. The number of halogens is 1. The van der Waals surface area contributed by atoms with Gasteiger partial charge in [0.2, 0.25) is 5.91 Å². The molecule has 6 heteroatoms. The van der Waals surface area contributed by atoms with Crippen LogP contribution in [0.1, 0.15) is 39.5 Å². The summed E-state index contributed by atoms with van der Waals surface area (Å²) in [5.74, 6) is 1.57. The summed E-state index contributed by atoms with van der Waals surface area (Å²) < 4.78 is 0. The van der Waals surface area contributed by atoms with Crippen LogP contribution in [0.25, 0.3) is 0 Å². The third kappa shape index (κ3) is 5.07. The van der Waals surface area contributed by atoms with Crippen LogP contribution in [0, 0.1) is 11.8 Å². The topological polar surface area (TPSA) is 47.6 Å². The van der Waals surface area contributed by atoms with Gasteiger partial charge in [-0.3, -0.25) is 14.6 Å². The van der Waals surface area contributed by atoms with Gasteiger partial charge in [0.05, 0.1) is 6.54 Å². The molecule has 2 heterocycles. The summed E-state index contributed by atoms with van der Waals surface area (Å²) >= 11 is 0. The standard InChI is InChI=1S/C18H34N4O.ClH/c1-14-4-3-5-17(15(14)2)20-18(23)13-21-8-10-22(11-9-21)16-6-7-19-12-16;/h14-17,19H,3-13H2,1-2H3,(H,20,23);1H. The number of nitrogens with zero attached hydrogens (tertiary/aromatic N) is 2. The molecular weight excluding hydrogens is 324 g/mol. The Hall–Kier alpha value is -0.360. The first kappa shape index (κ1) is 20.0. The zero-order chi connectivity index (χ0) is 16.2. The van der Waals surface area contributed by atoms with Crippen molar-refractivity contribution >= 4 is 18.3 Å². The lowest BCUT2D eigenvalue weighted by Crippen LogP contribution is -2.54. The summed E-state index contributed by atoms with van der Waals surface area (Å²) in [6.45, 7) is 11.8. The van der Waals surface area contributed by atoms with Crippen molar-refractivity contribution in [2.24, 2.45) is 11.8 Å². The highest BCUT2D eigenvalue weighted by molar-refractivity contribution is 5.85. The average molecular weight is 359 g/mol. The molecule has 0 aromatic carbocycles. The number of piperazine rings is 1. The quantitative estimate of drug-likeness (QED) is 0.796. The van der Waals surface area contributed by atoms with E-state index in [9.17, 15) is 4.79 Å². The number of amides is 1. The Labute approximate surface area is 153 Å². The minimum absolute atomic E-state index is 0. The van der Waals surface area contributed by atoms with Crippen LogP contribution in [-0.4, -0.2) is 73.6 Å². The van der Waals surface area contributed by atoms with E-state index in [1.165, 1.54) is 19.3 Å². The van der Waals surface area contributed by atoms with Gasteiger partial charge in [0.1, 0.15) is 0 Å². The average Bonchev–Trinajstić information content (AvgIpc) is 3.07. The Morgan fingerprint density at radius 3 is 2.54 bits per heavy atom. The first-order chi connectivity index (χ1) is 11.1. The molecule has 2 aliphatic heterocycles. The number of hydrogen-bond donors (Lipinski definition) is 2. The van der Waals surface area contributed by atoms with Crippen LogP contribution < -0.4 is 10.6 Å². The molecule has 0 bridgehead atoms. The smallest absolute Gasteiger partial charge is 0.234 e. The van der Waals surface area contributed by atoms with Crippen molar-refractivity contribution in [1.82, 2.24) is 20.4 Å². The lowest BCUT2D eigenvalue weighted by molar-refractivity contribution is -0.124. The van der Waals surface area contributed by atoms with Gasteiger partial charge in [-0.25, -0.2) is 0 Å². The molecule has 1 aliphatic carbocycles. The molecule has 140 valence electrons. The largest absolute Gasteiger partial charge is 0.352 e. The van der Waals surface area contributed by atoms with Crippen LogP contribution in [0.2, 0.25) is 0 Å². The number of carbonyl (C=O) groups excluding carboxylic acids is 1. The van der Waals surface area contributed by atoms with Crippen molar-refractivity contribution in [2.45, 2.75) is 51.6 Å². The van der Waals surface area contributed by atoms with Crippen LogP contribution in [0.15, 0.2) is 0 Å². The van der Waals surface area contributed by atoms with Gasteiger partial charge in [-0.2, -0.15) is 0 Å². The molecular formula is C18H35ClN4O. The van der Waals surface area contributed by atoms with E-state index in [4.69, 9.17) is 0 Å². The molecule has 3 aliphatic rings. The van der Waals surface area contributed by atoms with E-state index < -0.39 is 0 Å². The monoisotopic (exact) mass is 358 g/mol. The molecule has 0 spiro atoms. The highest BCUT2D eigenvalue weighted by Gasteiger charge is 2.30. The molecule has 5 nitrogen and oxygen atoms in total. The Bertz CT molecular complexity index is 394. The lowest BCUT2D eigenvalue weighted by atomic mass is 9.78. The fourth-order valence-electron chi connectivity index (χ4n) is 4.48.